The summed E-state index contributed by atoms with van der Waals surface area (Å²) < 4.78 is 18.1. The molecule has 4 nitrogen and oxygen atoms in total. The van der Waals surface area contributed by atoms with E-state index in [9.17, 15) is 4.79 Å². The Hall–Kier alpha value is -2.43. The molecule has 2 aliphatic rings. The summed E-state index contributed by atoms with van der Waals surface area (Å²) in [7, 11) is 0. The summed E-state index contributed by atoms with van der Waals surface area (Å²) in [6.07, 6.45) is 5.37. The van der Waals surface area contributed by atoms with Gasteiger partial charge in [-0.25, -0.2) is 0 Å². The van der Waals surface area contributed by atoms with Crippen molar-refractivity contribution in [1.82, 2.24) is 0 Å². The van der Waals surface area contributed by atoms with Crippen LogP contribution >= 0.6 is 0 Å². The number of hydrogen-bond acceptors (Lipinski definition) is 4. The smallest absolute Gasteiger partial charge is 0.302 e. The van der Waals surface area contributed by atoms with Crippen molar-refractivity contribution < 1.29 is 19.0 Å². The quantitative estimate of drug-likeness (QED) is 0.489. The summed E-state index contributed by atoms with van der Waals surface area (Å²) in [5.41, 5.74) is 2.32. The third-order valence-corrected chi connectivity index (χ3v) is 5.92. The van der Waals surface area contributed by atoms with E-state index in [-0.39, 0.29) is 30.0 Å². The number of esters is 1. The minimum Gasteiger partial charge on any atom is -0.465 e. The van der Waals surface area contributed by atoms with Crippen molar-refractivity contribution in [2.75, 3.05) is 6.61 Å². The number of hydrogen-bond donors (Lipinski definition) is 0. The van der Waals surface area contributed by atoms with Crippen molar-refractivity contribution in [3.8, 4) is 0 Å². The van der Waals surface area contributed by atoms with Crippen LogP contribution < -0.4 is 0 Å². The Morgan fingerprint density at radius 1 is 0.897 bits per heavy atom. The molecule has 0 heterocycles. The molecule has 4 rings (SSSR count). The molecular formula is C25H28O4. The lowest BCUT2D eigenvalue weighted by Gasteiger charge is -2.29. The monoisotopic (exact) mass is 392 g/mol. The van der Waals surface area contributed by atoms with E-state index in [1.807, 2.05) is 36.4 Å². The van der Waals surface area contributed by atoms with Crippen molar-refractivity contribution in [3.05, 3.63) is 83.9 Å². The van der Waals surface area contributed by atoms with Gasteiger partial charge in [0.15, 0.2) is 0 Å². The third-order valence-electron chi connectivity index (χ3n) is 5.92. The van der Waals surface area contributed by atoms with Crippen LogP contribution in [-0.4, -0.2) is 24.8 Å². The minimum absolute atomic E-state index is 0.0266. The van der Waals surface area contributed by atoms with E-state index >= 15 is 0 Å². The maximum atomic E-state index is 11.3. The average Bonchev–Trinajstić information content (AvgIpc) is 3.30. The van der Waals surface area contributed by atoms with Gasteiger partial charge in [0.25, 0.3) is 0 Å². The van der Waals surface area contributed by atoms with Gasteiger partial charge in [-0.05, 0) is 23.5 Å². The van der Waals surface area contributed by atoms with Crippen LogP contribution in [0.2, 0.25) is 0 Å². The Labute approximate surface area is 172 Å². The fourth-order valence-corrected chi connectivity index (χ4v) is 4.54. The maximum absolute atomic E-state index is 11.3. The van der Waals surface area contributed by atoms with E-state index < -0.39 is 0 Å². The van der Waals surface area contributed by atoms with Gasteiger partial charge in [-0.3, -0.25) is 4.79 Å². The van der Waals surface area contributed by atoms with Gasteiger partial charge in [-0.1, -0.05) is 72.8 Å². The van der Waals surface area contributed by atoms with Crippen LogP contribution in [0.4, 0.5) is 0 Å². The first-order valence-electron chi connectivity index (χ1n) is 10.3. The third kappa shape index (κ3) is 4.95. The number of allylic oxidation sites excluding steroid dienone is 1. The number of rotatable bonds is 8. The highest BCUT2D eigenvalue weighted by Crippen LogP contribution is 2.46. The zero-order chi connectivity index (χ0) is 20.1. The van der Waals surface area contributed by atoms with E-state index in [4.69, 9.17) is 14.2 Å². The molecule has 0 spiro atoms. The van der Waals surface area contributed by atoms with Gasteiger partial charge in [-0.15, -0.1) is 0 Å². The molecule has 0 amide bonds. The van der Waals surface area contributed by atoms with Gasteiger partial charge in [0.2, 0.25) is 0 Å². The SMILES string of the molecule is CC(=O)OC[C@H]1C=C[C@@H]2C[C@@H](OCc3ccccc3)[C@@H](OCc3ccccc3)[C@H]12. The fraction of sp³-hybridized carbons (Fsp3) is 0.400. The molecule has 0 unspecified atom stereocenters. The first-order valence-corrected chi connectivity index (χ1v) is 10.3. The van der Waals surface area contributed by atoms with E-state index in [0.717, 1.165) is 12.0 Å². The molecule has 5 atom stereocenters. The Morgan fingerprint density at radius 2 is 1.52 bits per heavy atom. The second-order valence-electron chi connectivity index (χ2n) is 7.92. The molecule has 0 bridgehead atoms. The van der Waals surface area contributed by atoms with E-state index in [2.05, 4.69) is 36.4 Å². The van der Waals surface area contributed by atoms with Gasteiger partial charge >= 0.3 is 5.97 Å². The van der Waals surface area contributed by atoms with Crippen molar-refractivity contribution >= 4 is 5.97 Å². The molecule has 152 valence electrons. The first kappa shape index (κ1) is 19.9. The number of benzene rings is 2. The topological polar surface area (TPSA) is 44.8 Å². The predicted octanol–water partition coefficient (Wildman–Crippen LogP) is 4.54. The van der Waals surface area contributed by atoms with Gasteiger partial charge in [-0.2, -0.15) is 0 Å². The Balaban J connectivity index is 1.45. The highest BCUT2D eigenvalue weighted by Gasteiger charge is 2.49. The number of fused-ring (bicyclic) bond motifs is 1. The Morgan fingerprint density at radius 3 is 2.14 bits per heavy atom. The lowest BCUT2D eigenvalue weighted by Crippen LogP contribution is -2.35. The van der Waals surface area contributed by atoms with Crippen LogP contribution in [-0.2, 0) is 32.2 Å². The van der Waals surface area contributed by atoms with Crippen molar-refractivity contribution in [2.24, 2.45) is 17.8 Å². The Bertz CT molecular complexity index is 817. The summed E-state index contributed by atoms with van der Waals surface area (Å²) in [6, 6.07) is 20.5. The maximum Gasteiger partial charge on any atom is 0.302 e. The zero-order valence-electron chi connectivity index (χ0n) is 16.8. The number of carbonyl (C=O) groups excluding carboxylic acids is 1. The summed E-state index contributed by atoms with van der Waals surface area (Å²) in [6.45, 7) is 3.00. The molecule has 0 radical (unpaired) electrons. The van der Waals surface area contributed by atoms with Crippen LogP contribution in [0.1, 0.15) is 24.5 Å². The second kappa shape index (κ2) is 9.38. The molecule has 1 saturated carbocycles. The molecular weight excluding hydrogens is 364 g/mol. The largest absolute Gasteiger partial charge is 0.465 e. The van der Waals surface area contributed by atoms with Crippen LogP contribution in [0.3, 0.4) is 0 Å². The summed E-state index contributed by atoms with van der Waals surface area (Å²) >= 11 is 0. The molecule has 0 aliphatic heterocycles. The van der Waals surface area contributed by atoms with Gasteiger partial charge < -0.3 is 14.2 Å². The minimum atomic E-state index is -0.238. The Kier molecular flexibility index (Phi) is 6.43. The fourth-order valence-electron chi connectivity index (χ4n) is 4.54. The van der Waals surface area contributed by atoms with E-state index in [1.54, 1.807) is 0 Å². The molecule has 1 fully saturated rings. The molecule has 2 aliphatic carbocycles. The van der Waals surface area contributed by atoms with Gasteiger partial charge in [0.05, 0.1) is 32.0 Å². The van der Waals surface area contributed by atoms with Gasteiger partial charge in [0.1, 0.15) is 0 Å². The molecule has 2 aromatic rings. The zero-order valence-corrected chi connectivity index (χ0v) is 16.8. The second-order valence-corrected chi connectivity index (χ2v) is 7.92. The van der Waals surface area contributed by atoms with Crippen molar-refractivity contribution in [1.29, 1.82) is 0 Å². The lowest BCUT2D eigenvalue weighted by atomic mass is 9.89. The molecule has 29 heavy (non-hydrogen) atoms. The first-order chi connectivity index (χ1) is 14.2. The van der Waals surface area contributed by atoms with Crippen molar-refractivity contribution in [3.63, 3.8) is 0 Å². The van der Waals surface area contributed by atoms with E-state index in [1.165, 1.54) is 12.5 Å². The average molecular weight is 392 g/mol. The van der Waals surface area contributed by atoms with Crippen LogP contribution in [0.15, 0.2) is 72.8 Å². The lowest BCUT2D eigenvalue weighted by molar-refractivity contribution is -0.143. The molecule has 0 aromatic heterocycles. The van der Waals surface area contributed by atoms with E-state index in [0.29, 0.717) is 25.7 Å². The van der Waals surface area contributed by atoms with Crippen LogP contribution in [0.5, 0.6) is 0 Å². The highest BCUT2D eigenvalue weighted by atomic mass is 16.5. The highest BCUT2D eigenvalue weighted by molar-refractivity contribution is 5.65. The normalized spacial score (nSPS) is 27.7. The molecule has 0 saturated heterocycles. The van der Waals surface area contributed by atoms with Crippen LogP contribution in [0, 0.1) is 17.8 Å². The summed E-state index contributed by atoms with van der Waals surface area (Å²) in [5, 5.41) is 0. The van der Waals surface area contributed by atoms with Gasteiger partial charge in [0, 0.05) is 18.8 Å². The standard InChI is InChI=1S/C25H28O4/c1-18(26)27-17-22-13-12-21-14-23(28-15-19-8-4-2-5-9-19)25(24(21)22)29-16-20-10-6-3-7-11-20/h2-13,21-25H,14-17H2,1H3/t21-,22-,23-,24+,25-/m1/s1. The molecule has 0 N–H and O–H groups in total. The predicted molar refractivity (Wildman–Crippen MR) is 111 cm³/mol. The molecule has 4 heteroatoms. The van der Waals surface area contributed by atoms with Crippen LogP contribution in [0.25, 0.3) is 0 Å². The summed E-state index contributed by atoms with van der Waals surface area (Å²) in [5.74, 6) is 0.615. The van der Waals surface area contributed by atoms with Crippen molar-refractivity contribution in [2.45, 2.75) is 38.8 Å². The molecule has 2 aromatic carbocycles. The number of carbonyl (C=O) groups is 1. The summed E-state index contributed by atoms with van der Waals surface area (Å²) in [4.78, 5) is 11.3. The number of ether oxygens (including phenoxy) is 3.